The third kappa shape index (κ3) is 3.64. The van der Waals surface area contributed by atoms with Crippen LogP contribution in [-0.2, 0) is 9.53 Å². The highest BCUT2D eigenvalue weighted by atomic mass is 16.6. The van der Waals surface area contributed by atoms with Crippen molar-refractivity contribution in [2.24, 2.45) is 23.2 Å². The van der Waals surface area contributed by atoms with Crippen molar-refractivity contribution >= 4 is 12.1 Å². The van der Waals surface area contributed by atoms with E-state index in [-0.39, 0.29) is 23.3 Å². The minimum Gasteiger partial charge on any atom is -0.481 e. The Balaban J connectivity index is 2.78. The summed E-state index contributed by atoms with van der Waals surface area (Å²) in [6.07, 6.45) is -0.483. The highest BCUT2D eigenvalue weighted by Gasteiger charge is 2.65. The number of carbonyl (C=O) groups is 2. The lowest BCUT2D eigenvalue weighted by atomic mass is 9.94. The van der Waals surface area contributed by atoms with Gasteiger partial charge in [-0.3, -0.25) is 4.79 Å². The van der Waals surface area contributed by atoms with E-state index in [1.54, 1.807) is 20.8 Å². The minimum atomic E-state index is -0.795. The van der Waals surface area contributed by atoms with Gasteiger partial charge >= 0.3 is 12.1 Å². The molecule has 1 aliphatic carbocycles. The SMILES string of the molecule is CC(C)C(NC(=O)OC(C)(C)C)[C@H]1[C@H](C(=O)O)C1(C)C. The molecule has 3 atom stereocenters. The Bertz CT molecular complexity index is 395. The molecule has 0 aliphatic heterocycles. The van der Waals surface area contributed by atoms with Crippen LogP contribution in [0.5, 0.6) is 0 Å². The number of carboxylic acids is 1. The maximum atomic E-state index is 11.9. The molecule has 0 spiro atoms. The highest BCUT2D eigenvalue weighted by molar-refractivity contribution is 5.76. The first kappa shape index (κ1) is 16.8. The lowest BCUT2D eigenvalue weighted by molar-refractivity contribution is -0.139. The molecule has 0 radical (unpaired) electrons. The van der Waals surface area contributed by atoms with Crippen LogP contribution in [0.4, 0.5) is 4.79 Å². The normalized spacial score (nSPS) is 26.0. The van der Waals surface area contributed by atoms with E-state index >= 15 is 0 Å². The van der Waals surface area contributed by atoms with Gasteiger partial charge in [0, 0.05) is 6.04 Å². The molecule has 1 aliphatic rings. The number of nitrogens with one attached hydrogen (secondary N) is 1. The molecule has 116 valence electrons. The summed E-state index contributed by atoms with van der Waals surface area (Å²) in [6.45, 7) is 13.2. The van der Waals surface area contributed by atoms with Crippen molar-refractivity contribution in [3.05, 3.63) is 0 Å². The maximum absolute atomic E-state index is 11.9. The molecular formula is C15H27NO4. The van der Waals surface area contributed by atoms with Crippen LogP contribution in [0.25, 0.3) is 0 Å². The Hall–Kier alpha value is -1.26. The van der Waals surface area contributed by atoms with Crippen LogP contribution in [-0.4, -0.2) is 28.8 Å². The Kier molecular flexibility index (Phi) is 4.42. The van der Waals surface area contributed by atoms with Gasteiger partial charge in [-0.15, -0.1) is 0 Å². The molecule has 0 bridgehead atoms. The van der Waals surface area contributed by atoms with E-state index in [1.807, 2.05) is 27.7 Å². The van der Waals surface area contributed by atoms with Crippen LogP contribution < -0.4 is 5.32 Å². The van der Waals surface area contributed by atoms with Crippen LogP contribution in [0.3, 0.4) is 0 Å². The Morgan fingerprint density at radius 2 is 1.75 bits per heavy atom. The lowest BCUT2D eigenvalue weighted by Gasteiger charge is -2.26. The number of hydrogen-bond acceptors (Lipinski definition) is 3. The highest BCUT2D eigenvalue weighted by Crippen LogP contribution is 2.60. The number of carbonyl (C=O) groups excluding carboxylic acids is 1. The van der Waals surface area contributed by atoms with Crippen molar-refractivity contribution in [1.82, 2.24) is 5.32 Å². The van der Waals surface area contributed by atoms with Crippen molar-refractivity contribution in [2.75, 3.05) is 0 Å². The zero-order chi connectivity index (χ0) is 15.9. The molecule has 0 aromatic rings. The smallest absolute Gasteiger partial charge is 0.407 e. The first-order chi connectivity index (χ1) is 8.88. The van der Waals surface area contributed by atoms with Gasteiger partial charge in [-0.05, 0) is 38.0 Å². The van der Waals surface area contributed by atoms with Gasteiger partial charge in [0.15, 0.2) is 0 Å². The number of rotatable bonds is 4. The second-order valence-corrected chi connectivity index (χ2v) is 7.58. The van der Waals surface area contributed by atoms with Gasteiger partial charge < -0.3 is 15.2 Å². The number of ether oxygens (including phenoxy) is 1. The standard InChI is InChI=1S/C15H27NO4/c1-8(2)11(16-13(19)20-14(3,4)5)9-10(12(17)18)15(9,6)7/h8-11H,1-7H3,(H,16,19)(H,17,18)/t9-,10-,11?/m1/s1. The van der Waals surface area contributed by atoms with Crippen molar-refractivity contribution in [3.63, 3.8) is 0 Å². The average Bonchev–Trinajstić information content (AvgIpc) is 2.74. The van der Waals surface area contributed by atoms with Crippen molar-refractivity contribution < 1.29 is 19.4 Å². The number of carboxylic acid groups (broad SMARTS) is 1. The van der Waals surface area contributed by atoms with Crippen LogP contribution in [0.1, 0.15) is 48.5 Å². The summed E-state index contributed by atoms with van der Waals surface area (Å²) in [7, 11) is 0. The number of aliphatic carboxylic acids is 1. The monoisotopic (exact) mass is 285 g/mol. The number of hydrogen-bond donors (Lipinski definition) is 2. The molecule has 1 fully saturated rings. The fourth-order valence-electron chi connectivity index (χ4n) is 2.93. The van der Waals surface area contributed by atoms with E-state index in [4.69, 9.17) is 4.74 Å². The van der Waals surface area contributed by atoms with Gasteiger partial charge in [0.05, 0.1) is 5.92 Å². The predicted octanol–water partition coefficient (Wildman–Crippen LogP) is 2.89. The third-order valence-electron chi connectivity index (χ3n) is 3.97. The van der Waals surface area contributed by atoms with Gasteiger partial charge in [0.2, 0.25) is 0 Å². The van der Waals surface area contributed by atoms with Gasteiger partial charge in [-0.2, -0.15) is 0 Å². The average molecular weight is 285 g/mol. The molecule has 5 heteroatoms. The second kappa shape index (κ2) is 5.26. The first-order valence-electron chi connectivity index (χ1n) is 7.10. The lowest BCUT2D eigenvalue weighted by Crippen LogP contribution is -2.44. The molecule has 2 N–H and O–H groups in total. The zero-order valence-electron chi connectivity index (χ0n) is 13.5. The van der Waals surface area contributed by atoms with Gasteiger partial charge in [-0.1, -0.05) is 27.7 Å². The molecule has 1 unspecified atom stereocenters. The Morgan fingerprint density at radius 3 is 2.05 bits per heavy atom. The van der Waals surface area contributed by atoms with Crippen LogP contribution in [0.15, 0.2) is 0 Å². The van der Waals surface area contributed by atoms with E-state index in [0.29, 0.717) is 0 Å². The van der Waals surface area contributed by atoms with E-state index in [1.165, 1.54) is 0 Å². The van der Waals surface area contributed by atoms with E-state index < -0.39 is 23.6 Å². The summed E-state index contributed by atoms with van der Waals surface area (Å²) in [6, 6.07) is -0.194. The minimum absolute atomic E-state index is 0.0625. The molecule has 1 rings (SSSR count). The van der Waals surface area contributed by atoms with E-state index in [2.05, 4.69) is 5.32 Å². The molecule has 1 amide bonds. The maximum Gasteiger partial charge on any atom is 0.407 e. The summed E-state index contributed by atoms with van der Waals surface area (Å²) in [4.78, 5) is 23.2. The quantitative estimate of drug-likeness (QED) is 0.832. The van der Waals surface area contributed by atoms with E-state index in [0.717, 1.165) is 0 Å². The number of alkyl carbamates (subject to hydrolysis) is 1. The summed E-state index contributed by atoms with van der Waals surface area (Å²) < 4.78 is 5.26. The topological polar surface area (TPSA) is 75.6 Å². The third-order valence-corrected chi connectivity index (χ3v) is 3.97. The van der Waals surface area contributed by atoms with Gasteiger partial charge in [0.1, 0.15) is 5.60 Å². The zero-order valence-corrected chi connectivity index (χ0v) is 13.5. The summed E-state index contributed by atoms with van der Waals surface area (Å²) in [5, 5.41) is 12.1. The molecule has 20 heavy (non-hydrogen) atoms. The van der Waals surface area contributed by atoms with Crippen molar-refractivity contribution in [1.29, 1.82) is 0 Å². The Labute approximate surface area is 121 Å². The van der Waals surface area contributed by atoms with Crippen molar-refractivity contribution in [3.8, 4) is 0 Å². The molecule has 5 nitrogen and oxygen atoms in total. The summed E-state index contributed by atoms with van der Waals surface area (Å²) in [5.41, 5.74) is -0.855. The van der Waals surface area contributed by atoms with Crippen LogP contribution in [0, 0.1) is 23.2 Å². The predicted molar refractivity (Wildman–Crippen MR) is 76.4 cm³/mol. The molecule has 0 aromatic carbocycles. The fraction of sp³-hybridized carbons (Fsp3) is 0.867. The molecule has 0 aromatic heterocycles. The molecular weight excluding hydrogens is 258 g/mol. The Morgan fingerprint density at radius 1 is 1.25 bits per heavy atom. The first-order valence-corrected chi connectivity index (χ1v) is 7.10. The van der Waals surface area contributed by atoms with Gasteiger partial charge in [-0.25, -0.2) is 4.79 Å². The number of amides is 1. The fourth-order valence-corrected chi connectivity index (χ4v) is 2.93. The summed E-state index contributed by atoms with van der Waals surface area (Å²) >= 11 is 0. The van der Waals surface area contributed by atoms with E-state index in [9.17, 15) is 14.7 Å². The molecule has 1 saturated carbocycles. The summed E-state index contributed by atoms with van der Waals surface area (Å²) in [5.74, 6) is -1.12. The molecule has 0 saturated heterocycles. The van der Waals surface area contributed by atoms with Crippen LogP contribution >= 0.6 is 0 Å². The van der Waals surface area contributed by atoms with Crippen LogP contribution in [0.2, 0.25) is 0 Å². The second-order valence-electron chi connectivity index (χ2n) is 7.58. The van der Waals surface area contributed by atoms with Crippen molar-refractivity contribution in [2.45, 2.75) is 60.1 Å². The van der Waals surface area contributed by atoms with Gasteiger partial charge in [0.25, 0.3) is 0 Å². The molecule has 0 heterocycles. The largest absolute Gasteiger partial charge is 0.481 e.